The minimum absolute atomic E-state index is 0.0131. The number of fused-ring (bicyclic) bond motifs is 1. The van der Waals surface area contributed by atoms with Gasteiger partial charge in [0.15, 0.2) is 5.60 Å². The molecular weight excluding hydrogens is 302 g/mol. The first-order valence-electron chi connectivity index (χ1n) is 8.86. The summed E-state index contributed by atoms with van der Waals surface area (Å²) in [4.78, 5) is 27.0. The van der Waals surface area contributed by atoms with Gasteiger partial charge in [-0.25, -0.2) is 0 Å². The van der Waals surface area contributed by atoms with Crippen molar-refractivity contribution in [2.75, 3.05) is 11.9 Å². The first-order valence-corrected chi connectivity index (χ1v) is 8.86. The Labute approximate surface area is 143 Å². The average molecular weight is 329 g/mol. The Bertz CT molecular complexity index is 681. The summed E-state index contributed by atoms with van der Waals surface area (Å²) in [6.07, 6.45) is 2.88. The van der Waals surface area contributed by atoms with E-state index in [-0.39, 0.29) is 17.1 Å². The lowest BCUT2D eigenvalue weighted by atomic mass is 9.62. The highest BCUT2D eigenvalue weighted by atomic mass is 16.3. The number of likely N-dealkylation sites (N-methyl/N-ethyl adjacent to an activating group) is 1. The predicted octanol–water partition coefficient (Wildman–Crippen LogP) is 3.27. The summed E-state index contributed by atoms with van der Waals surface area (Å²) in [6, 6.07) is 7.27. The van der Waals surface area contributed by atoms with Gasteiger partial charge in [-0.1, -0.05) is 45.4 Å². The Morgan fingerprint density at radius 1 is 1.29 bits per heavy atom. The lowest BCUT2D eigenvalue weighted by molar-refractivity contribution is -0.154. The molecule has 1 N–H and O–H groups in total. The van der Waals surface area contributed by atoms with Gasteiger partial charge in [-0.05, 0) is 30.2 Å². The quantitative estimate of drug-likeness (QED) is 0.926. The number of ketones is 1. The zero-order valence-corrected chi connectivity index (χ0v) is 15.0. The second kappa shape index (κ2) is 5.69. The number of hydrogen-bond donors (Lipinski definition) is 1. The van der Waals surface area contributed by atoms with Crippen LogP contribution < -0.4 is 4.90 Å². The van der Waals surface area contributed by atoms with Crippen LogP contribution in [0.25, 0.3) is 0 Å². The van der Waals surface area contributed by atoms with Gasteiger partial charge in [0, 0.05) is 19.0 Å². The fourth-order valence-electron chi connectivity index (χ4n) is 4.33. The Morgan fingerprint density at radius 2 is 1.96 bits per heavy atom. The number of aliphatic hydroxyl groups is 1. The van der Waals surface area contributed by atoms with Gasteiger partial charge in [-0.15, -0.1) is 0 Å². The molecule has 4 nitrogen and oxygen atoms in total. The molecule has 3 rings (SSSR count). The molecule has 3 atom stereocenters. The summed E-state index contributed by atoms with van der Waals surface area (Å²) >= 11 is 0. The zero-order chi connectivity index (χ0) is 17.7. The summed E-state index contributed by atoms with van der Waals surface area (Å²) in [5.74, 6) is -0.683. The van der Waals surface area contributed by atoms with E-state index in [1.54, 1.807) is 13.1 Å². The van der Waals surface area contributed by atoms with Gasteiger partial charge in [0.25, 0.3) is 5.91 Å². The van der Waals surface area contributed by atoms with Gasteiger partial charge in [0.1, 0.15) is 5.78 Å². The molecule has 4 heteroatoms. The van der Waals surface area contributed by atoms with Gasteiger partial charge in [-0.2, -0.15) is 0 Å². The summed E-state index contributed by atoms with van der Waals surface area (Å²) in [5.41, 5.74) is -0.340. The van der Waals surface area contributed by atoms with Gasteiger partial charge >= 0.3 is 0 Å². The van der Waals surface area contributed by atoms with Crippen LogP contribution in [0.4, 0.5) is 5.69 Å². The minimum Gasteiger partial charge on any atom is -0.375 e. The monoisotopic (exact) mass is 329 g/mol. The molecule has 2 aliphatic rings. The largest absolute Gasteiger partial charge is 0.375 e. The van der Waals surface area contributed by atoms with E-state index in [0.717, 1.165) is 12.8 Å². The topological polar surface area (TPSA) is 57.6 Å². The molecule has 0 radical (unpaired) electrons. The molecule has 1 aliphatic heterocycles. The van der Waals surface area contributed by atoms with E-state index in [2.05, 4.69) is 20.8 Å². The molecule has 1 heterocycles. The zero-order valence-electron chi connectivity index (χ0n) is 15.0. The molecule has 0 saturated heterocycles. The molecular formula is C20H27NO3. The lowest BCUT2D eigenvalue weighted by Gasteiger charge is -2.42. The number of carbonyl (C=O) groups is 2. The fraction of sp³-hybridized carbons (Fsp3) is 0.600. The minimum atomic E-state index is -1.72. The van der Waals surface area contributed by atoms with Crippen LogP contribution in [0.3, 0.4) is 0 Å². The van der Waals surface area contributed by atoms with Gasteiger partial charge < -0.3 is 10.0 Å². The van der Waals surface area contributed by atoms with Crippen molar-refractivity contribution in [1.82, 2.24) is 0 Å². The molecule has 1 saturated carbocycles. The molecule has 3 unspecified atom stereocenters. The fourth-order valence-corrected chi connectivity index (χ4v) is 4.33. The van der Waals surface area contributed by atoms with Crippen LogP contribution in [0.1, 0.15) is 52.0 Å². The van der Waals surface area contributed by atoms with E-state index >= 15 is 0 Å². The lowest BCUT2D eigenvalue weighted by Crippen LogP contribution is -2.50. The highest BCUT2D eigenvalue weighted by Gasteiger charge is 2.57. The SMILES string of the molecule is CCC(C)(C)C1CCC(=O)C(C2(O)C(=O)N(C)c3ccccc32)C1. The summed E-state index contributed by atoms with van der Waals surface area (Å²) in [6.45, 7) is 6.58. The third-order valence-corrected chi connectivity index (χ3v) is 6.48. The molecule has 1 fully saturated rings. The second-order valence-corrected chi connectivity index (χ2v) is 7.98. The van der Waals surface area contributed by atoms with Gasteiger partial charge in [-0.3, -0.25) is 9.59 Å². The highest BCUT2D eigenvalue weighted by Crippen LogP contribution is 2.51. The van der Waals surface area contributed by atoms with Crippen LogP contribution in [0.2, 0.25) is 0 Å². The third-order valence-electron chi connectivity index (χ3n) is 6.48. The van der Waals surface area contributed by atoms with Crippen LogP contribution in [0.5, 0.6) is 0 Å². The smallest absolute Gasteiger partial charge is 0.264 e. The first-order chi connectivity index (χ1) is 11.2. The van der Waals surface area contributed by atoms with E-state index in [0.29, 0.717) is 30.0 Å². The van der Waals surface area contributed by atoms with Crippen LogP contribution in [-0.2, 0) is 15.2 Å². The Hall–Kier alpha value is -1.68. The maximum atomic E-state index is 12.9. The number of para-hydroxylation sites is 1. The molecule has 24 heavy (non-hydrogen) atoms. The van der Waals surface area contributed by atoms with E-state index in [1.807, 2.05) is 18.2 Å². The summed E-state index contributed by atoms with van der Waals surface area (Å²) in [7, 11) is 1.67. The van der Waals surface area contributed by atoms with E-state index < -0.39 is 11.5 Å². The number of amides is 1. The maximum absolute atomic E-state index is 12.9. The molecule has 1 aromatic carbocycles. The Balaban J connectivity index is 2.03. The number of benzene rings is 1. The van der Waals surface area contributed by atoms with Crippen LogP contribution in [-0.4, -0.2) is 23.8 Å². The average Bonchev–Trinajstić information content (AvgIpc) is 2.78. The molecule has 1 aromatic rings. The summed E-state index contributed by atoms with van der Waals surface area (Å²) < 4.78 is 0. The standard InChI is InChI=1S/C20H27NO3/c1-5-19(2,3)13-10-11-17(22)15(12-13)20(24)14-8-6-7-9-16(14)21(4)18(20)23/h6-9,13,15,24H,5,10-12H2,1-4H3. The number of Topliss-reactive ketones (excluding diaryl/α,β-unsaturated/α-hetero) is 1. The van der Waals surface area contributed by atoms with Crippen molar-refractivity contribution >= 4 is 17.4 Å². The van der Waals surface area contributed by atoms with Crippen LogP contribution in [0, 0.1) is 17.3 Å². The highest BCUT2D eigenvalue weighted by molar-refractivity contribution is 6.09. The first kappa shape index (κ1) is 17.2. The Morgan fingerprint density at radius 3 is 2.62 bits per heavy atom. The van der Waals surface area contributed by atoms with E-state index in [4.69, 9.17) is 0 Å². The second-order valence-electron chi connectivity index (χ2n) is 7.98. The number of carbonyl (C=O) groups excluding carboxylic acids is 2. The predicted molar refractivity (Wildman–Crippen MR) is 93.7 cm³/mol. The third kappa shape index (κ3) is 2.31. The molecule has 130 valence electrons. The van der Waals surface area contributed by atoms with Gasteiger partial charge in [0.2, 0.25) is 0 Å². The Kier molecular flexibility index (Phi) is 4.07. The van der Waals surface area contributed by atoms with E-state index in [9.17, 15) is 14.7 Å². The number of nitrogens with zero attached hydrogens (tertiary/aromatic N) is 1. The number of anilines is 1. The van der Waals surface area contributed by atoms with Crippen molar-refractivity contribution < 1.29 is 14.7 Å². The normalized spacial score (nSPS) is 30.6. The number of rotatable bonds is 3. The van der Waals surface area contributed by atoms with E-state index in [1.165, 1.54) is 4.90 Å². The van der Waals surface area contributed by atoms with Crippen molar-refractivity contribution in [2.45, 2.75) is 52.1 Å². The maximum Gasteiger partial charge on any atom is 0.264 e. The van der Waals surface area contributed by atoms with Crippen LogP contribution >= 0.6 is 0 Å². The molecule has 1 amide bonds. The van der Waals surface area contributed by atoms with Crippen LogP contribution in [0.15, 0.2) is 24.3 Å². The summed E-state index contributed by atoms with van der Waals surface area (Å²) in [5, 5.41) is 11.4. The molecule has 0 bridgehead atoms. The van der Waals surface area contributed by atoms with Crippen molar-refractivity contribution in [3.63, 3.8) is 0 Å². The number of hydrogen-bond acceptors (Lipinski definition) is 3. The van der Waals surface area contributed by atoms with Crippen molar-refractivity contribution in [2.24, 2.45) is 17.3 Å². The van der Waals surface area contributed by atoms with Gasteiger partial charge in [0.05, 0.1) is 11.6 Å². The molecule has 0 aromatic heterocycles. The van der Waals surface area contributed by atoms with Crippen molar-refractivity contribution in [1.29, 1.82) is 0 Å². The van der Waals surface area contributed by atoms with Crippen molar-refractivity contribution in [3.8, 4) is 0 Å². The molecule has 0 spiro atoms. The molecule has 1 aliphatic carbocycles. The van der Waals surface area contributed by atoms with Crippen molar-refractivity contribution in [3.05, 3.63) is 29.8 Å².